The van der Waals surface area contributed by atoms with Gasteiger partial charge in [-0.15, -0.1) is 0 Å². The van der Waals surface area contributed by atoms with Gasteiger partial charge >= 0.3 is 0 Å². The Morgan fingerprint density at radius 1 is 1.11 bits per heavy atom. The lowest BCUT2D eigenvalue weighted by Crippen LogP contribution is -2.29. The molecule has 0 amide bonds. The molecule has 35 heavy (non-hydrogen) atoms. The van der Waals surface area contributed by atoms with Crippen molar-refractivity contribution in [2.24, 2.45) is 0 Å². The summed E-state index contributed by atoms with van der Waals surface area (Å²) in [6, 6.07) is 14.9. The first-order chi connectivity index (χ1) is 17.0. The second kappa shape index (κ2) is 9.20. The third kappa shape index (κ3) is 4.00. The quantitative estimate of drug-likeness (QED) is 0.407. The van der Waals surface area contributed by atoms with Gasteiger partial charge in [-0.3, -0.25) is 9.36 Å². The lowest BCUT2D eigenvalue weighted by Gasteiger charge is -2.20. The third-order valence-electron chi connectivity index (χ3n) is 6.28. The molecule has 1 aromatic heterocycles. The van der Waals surface area contributed by atoms with Crippen LogP contribution in [-0.2, 0) is 0 Å². The summed E-state index contributed by atoms with van der Waals surface area (Å²) < 4.78 is 26.4. The molecule has 5 rings (SSSR count). The highest BCUT2D eigenvalue weighted by atomic mass is 19.1. The van der Waals surface area contributed by atoms with Gasteiger partial charge in [-0.1, -0.05) is 12.1 Å². The number of halogens is 1. The Hall–Kier alpha value is -4.22. The molecule has 3 aromatic carbocycles. The van der Waals surface area contributed by atoms with Crippen LogP contribution in [0, 0.1) is 12.4 Å². The van der Waals surface area contributed by atoms with E-state index in [9.17, 15) is 9.18 Å². The first kappa shape index (κ1) is 22.6. The fraction of sp³-hybridized carbons (Fsp3) is 0.222. The minimum absolute atomic E-state index is 0.0909. The van der Waals surface area contributed by atoms with Crippen LogP contribution in [-0.4, -0.2) is 30.3 Å². The third-order valence-corrected chi connectivity index (χ3v) is 6.28. The van der Waals surface area contributed by atoms with E-state index in [0.717, 1.165) is 24.9 Å². The molecule has 1 aliphatic rings. The summed E-state index contributed by atoms with van der Waals surface area (Å²) >= 11 is 0. The van der Waals surface area contributed by atoms with Crippen LogP contribution in [0.5, 0.6) is 11.5 Å². The molecule has 0 spiro atoms. The van der Waals surface area contributed by atoms with Crippen molar-refractivity contribution in [1.29, 1.82) is 0 Å². The van der Waals surface area contributed by atoms with Gasteiger partial charge in [0.05, 0.1) is 43.4 Å². The molecular formula is C27H23FN4O3. The molecule has 1 atom stereocenters. The molecule has 1 aliphatic heterocycles. The van der Waals surface area contributed by atoms with Crippen LogP contribution in [0.25, 0.3) is 32.6 Å². The second-order valence-corrected chi connectivity index (χ2v) is 8.31. The molecule has 1 fully saturated rings. The van der Waals surface area contributed by atoms with E-state index in [0.29, 0.717) is 39.4 Å². The molecule has 1 unspecified atom stereocenters. The molecular weight excluding hydrogens is 447 g/mol. The van der Waals surface area contributed by atoms with E-state index in [-0.39, 0.29) is 17.4 Å². The zero-order chi connectivity index (χ0) is 24.5. The Balaban J connectivity index is 1.83. The summed E-state index contributed by atoms with van der Waals surface area (Å²) in [5.74, 6) is 0.728. The number of methoxy groups -OCH3 is 2. The highest BCUT2D eigenvalue weighted by Gasteiger charge is 2.25. The maximum atomic E-state index is 14.6. The Morgan fingerprint density at radius 3 is 2.54 bits per heavy atom. The molecule has 0 bridgehead atoms. The molecule has 176 valence electrons. The normalized spacial score (nSPS) is 15.2. The van der Waals surface area contributed by atoms with Gasteiger partial charge < -0.3 is 14.8 Å². The first-order valence-electron chi connectivity index (χ1n) is 11.2. The van der Waals surface area contributed by atoms with Crippen molar-refractivity contribution in [2.75, 3.05) is 20.8 Å². The molecule has 1 saturated heterocycles. The molecule has 0 radical (unpaired) electrons. The summed E-state index contributed by atoms with van der Waals surface area (Å²) in [5.41, 5.74) is 2.31. The van der Waals surface area contributed by atoms with Crippen molar-refractivity contribution in [2.45, 2.75) is 18.9 Å². The standard InChI is InChI=1S/C27H23FN4O3/c1-29-17-13-20(16-6-9-19(34-2)10-7-16)25-21(14-17)27(33)32(26(31-25)23-5-4-12-30-23)18-8-11-24(35-3)22(28)15-18/h6-11,13-15,23,30H,4-5,12H2,2-3H3. The summed E-state index contributed by atoms with van der Waals surface area (Å²) in [7, 11) is 2.99. The van der Waals surface area contributed by atoms with Gasteiger partial charge in [-0.05, 0) is 66.9 Å². The minimum Gasteiger partial charge on any atom is -0.497 e. The Kier molecular flexibility index (Phi) is 5.93. The van der Waals surface area contributed by atoms with Crippen molar-refractivity contribution in [3.8, 4) is 28.3 Å². The van der Waals surface area contributed by atoms with Gasteiger partial charge in [0, 0.05) is 6.07 Å². The van der Waals surface area contributed by atoms with Crippen LogP contribution in [0.1, 0.15) is 24.7 Å². The molecule has 0 aliphatic carbocycles. The van der Waals surface area contributed by atoms with E-state index in [1.807, 2.05) is 24.3 Å². The van der Waals surface area contributed by atoms with Gasteiger partial charge in [0.1, 0.15) is 11.6 Å². The highest BCUT2D eigenvalue weighted by molar-refractivity contribution is 5.96. The number of nitrogens with one attached hydrogen (secondary N) is 1. The SMILES string of the molecule is [C-]#[N+]c1cc(-c2ccc(OC)cc2)c2nc(C3CCCN3)n(-c3ccc(OC)c(F)c3)c(=O)c2c1. The summed E-state index contributed by atoms with van der Waals surface area (Å²) in [5, 5.41) is 3.70. The Bertz CT molecular complexity index is 1520. The zero-order valence-corrected chi connectivity index (χ0v) is 19.3. The average molecular weight is 471 g/mol. The van der Waals surface area contributed by atoms with E-state index in [2.05, 4.69) is 10.2 Å². The number of ether oxygens (including phenoxy) is 2. The number of benzene rings is 3. The van der Waals surface area contributed by atoms with Crippen molar-refractivity contribution in [1.82, 2.24) is 14.9 Å². The van der Waals surface area contributed by atoms with Crippen LogP contribution in [0.3, 0.4) is 0 Å². The first-order valence-corrected chi connectivity index (χ1v) is 11.2. The lowest BCUT2D eigenvalue weighted by atomic mass is 10.0. The smallest absolute Gasteiger partial charge is 0.264 e. The molecule has 0 saturated carbocycles. The van der Waals surface area contributed by atoms with E-state index >= 15 is 0 Å². The Labute approximate surface area is 201 Å². The topological polar surface area (TPSA) is 69.7 Å². The van der Waals surface area contributed by atoms with Crippen LogP contribution in [0.15, 0.2) is 59.4 Å². The van der Waals surface area contributed by atoms with Crippen molar-refractivity contribution >= 4 is 16.6 Å². The second-order valence-electron chi connectivity index (χ2n) is 8.31. The van der Waals surface area contributed by atoms with E-state index in [1.165, 1.54) is 23.8 Å². The van der Waals surface area contributed by atoms with E-state index < -0.39 is 5.82 Å². The number of nitrogens with zero attached hydrogens (tertiary/aromatic N) is 3. The summed E-state index contributed by atoms with van der Waals surface area (Å²) in [4.78, 5) is 22.5. The van der Waals surface area contributed by atoms with Crippen LogP contribution in [0.4, 0.5) is 10.1 Å². The fourth-order valence-corrected chi connectivity index (χ4v) is 4.53. The number of hydrogen-bond donors (Lipinski definition) is 1. The molecule has 8 heteroatoms. The van der Waals surface area contributed by atoms with Crippen LogP contribution >= 0.6 is 0 Å². The lowest BCUT2D eigenvalue weighted by molar-refractivity contribution is 0.386. The monoisotopic (exact) mass is 470 g/mol. The van der Waals surface area contributed by atoms with Crippen LogP contribution in [0.2, 0.25) is 0 Å². The fourth-order valence-electron chi connectivity index (χ4n) is 4.53. The zero-order valence-electron chi connectivity index (χ0n) is 19.3. The Morgan fingerprint density at radius 2 is 1.91 bits per heavy atom. The minimum atomic E-state index is -0.573. The van der Waals surface area contributed by atoms with Gasteiger partial charge in [-0.2, -0.15) is 0 Å². The molecule has 1 N–H and O–H groups in total. The molecule has 4 aromatic rings. The van der Waals surface area contributed by atoms with E-state index in [4.69, 9.17) is 21.0 Å². The maximum absolute atomic E-state index is 14.6. The van der Waals surface area contributed by atoms with Gasteiger partial charge in [-0.25, -0.2) is 14.2 Å². The van der Waals surface area contributed by atoms with Gasteiger partial charge in [0.2, 0.25) is 0 Å². The molecule has 2 heterocycles. The van der Waals surface area contributed by atoms with Crippen molar-refractivity contribution < 1.29 is 13.9 Å². The highest BCUT2D eigenvalue weighted by Crippen LogP contribution is 2.34. The van der Waals surface area contributed by atoms with Crippen molar-refractivity contribution in [3.05, 3.63) is 88.0 Å². The van der Waals surface area contributed by atoms with Gasteiger partial charge in [0.25, 0.3) is 5.56 Å². The maximum Gasteiger partial charge on any atom is 0.264 e. The predicted octanol–water partition coefficient (Wildman–Crippen LogP) is 5.18. The number of aromatic nitrogens is 2. The van der Waals surface area contributed by atoms with E-state index in [1.54, 1.807) is 25.3 Å². The summed E-state index contributed by atoms with van der Waals surface area (Å²) in [6.07, 6.45) is 1.74. The summed E-state index contributed by atoms with van der Waals surface area (Å²) in [6.45, 7) is 8.39. The predicted molar refractivity (Wildman–Crippen MR) is 132 cm³/mol. The van der Waals surface area contributed by atoms with Gasteiger partial charge in [0.15, 0.2) is 17.3 Å². The van der Waals surface area contributed by atoms with Crippen LogP contribution < -0.4 is 20.3 Å². The largest absolute Gasteiger partial charge is 0.497 e. The molecule has 7 nitrogen and oxygen atoms in total. The number of rotatable bonds is 5. The number of hydrogen-bond acceptors (Lipinski definition) is 5. The average Bonchev–Trinajstić information content (AvgIpc) is 3.43. The van der Waals surface area contributed by atoms with Crippen molar-refractivity contribution in [3.63, 3.8) is 0 Å². The number of fused-ring (bicyclic) bond motifs is 1.